The minimum Gasteiger partial charge on any atom is -0.316 e. The smallest absolute Gasteiger partial charge is 0.248 e. The number of hydrogen-bond acceptors (Lipinski definition) is 2. The van der Waals surface area contributed by atoms with Crippen LogP contribution >= 0.6 is 0 Å². The molecule has 106 valence electrons. The first-order valence-corrected chi connectivity index (χ1v) is 7.51. The Morgan fingerprint density at radius 1 is 1.00 bits per heavy atom. The maximum absolute atomic E-state index is 12.8. The van der Waals surface area contributed by atoms with Gasteiger partial charge in [-0.1, -0.05) is 42.5 Å². The van der Waals surface area contributed by atoms with E-state index in [1.807, 2.05) is 41.3 Å². The number of rotatable bonds is 2. The Bertz CT molecular complexity index is 706. The number of fused-ring (bicyclic) bond motifs is 3. The molecule has 2 aromatic rings. The third kappa shape index (κ3) is 2.05. The van der Waals surface area contributed by atoms with Crippen LogP contribution < -0.4 is 10.6 Å². The van der Waals surface area contributed by atoms with Gasteiger partial charge in [0, 0.05) is 12.1 Å². The Morgan fingerprint density at radius 2 is 1.67 bits per heavy atom. The minimum absolute atomic E-state index is 0.0132. The van der Waals surface area contributed by atoms with E-state index < -0.39 is 6.04 Å². The molecule has 1 atom stereocenters. The van der Waals surface area contributed by atoms with Gasteiger partial charge >= 0.3 is 0 Å². The Morgan fingerprint density at radius 3 is 2.43 bits per heavy atom. The molecule has 1 unspecified atom stereocenters. The Labute approximate surface area is 124 Å². The van der Waals surface area contributed by atoms with Gasteiger partial charge < -0.3 is 10.6 Å². The lowest BCUT2D eigenvalue weighted by Gasteiger charge is -2.24. The minimum atomic E-state index is -0.577. The van der Waals surface area contributed by atoms with E-state index in [9.17, 15) is 4.79 Å². The van der Waals surface area contributed by atoms with E-state index in [0.717, 1.165) is 28.9 Å². The SMILES string of the molecule is NC1C(=O)N(CC2CC2)c2ccccc2-c2ccccc21. The van der Waals surface area contributed by atoms with E-state index in [-0.39, 0.29) is 5.91 Å². The van der Waals surface area contributed by atoms with E-state index in [0.29, 0.717) is 5.92 Å². The summed E-state index contributed by atoms with van der Waals surface area (Å²) < 4.78 is 0. The van der Waals surface area contributed by atoms with Crippen molar-refractivity contribution >= 4 is 11.6 Å². The van der Waals surface area contributed by atoms with E-state index >= 15 is 0 Å². The maximum atomic E-state index is 12.8. The second-order valence-corrected chi connectivity index (χ2v) is 5.97. The summed E-state index contributed by atoms with van der Waals surface area (Å²) in [5.41, 5.74) is 10.4. The van der Waals surface area contributed by atoms with Crippen LogP contribution in [0.5, 0.6) is 0 Å². The highest BCUT2D eigenvalue weighted by Gasteiger charge is 2.34. The molecule has 1 fully saturated rings. The largest absolute Gasteiger partial charge is 0.316 e. The van der Waals surface area contributed by atoms with Crippen molar-refractivity contribution < 1.29 is 4.79 Å². The second kappa shape index (κ2) is 4.71. The lowest BCUT2D eigenvalue weighted by molar-refractivity contribution is -0.120. The van der Waals surface area contributed by atoms with Gasteiger partial charge in [0.1, 0.15) is 6.04 Å². The number of para-hydroxylation sites is 1. The normalized spacial score (nSPS) is 20.7. The van der Waals surface area contributed by atoms with Crippen LogP contribution in [0.25, 0.3) is 11.1 Å². The van der Waals surface area contributed by atoms with Crippen molar-refractivity contribution in [2.24, 2.45) is 11.7 Å². The van der Waals surface area contributed by atoms with Crippen LogP contribution in [0.2, 0.25) is 0 Å². The van der Waals surface area contributed by atoms with Crippen LogP contribution in [-0.2, 0) is 4.79 Å². The molecule has 1 saturated carbocycles. The predicted molar refractivity (Wildman–Crippen MR) is 83.9 cm³/mol. The average molecular weight is 278 g/mol. The third-order valence-corrected chi connectivity index (χ3v) is 4.45. The van der Waals surface area contributed by atoms with Crippen LogP contribution in [-0.4, -0.2) is 12.5 Å². The number of anilines is 1. The van der Waals surface area contributed by atoms with Crippen molar-refractivity contribution in [3.05, 3.63) is 54.1 Å². The zero-order chi connectivity index (χ0) is 14.4. The predicted octanol–water partition coefficient (Wildman–Crippen LogP) is 3.11. The van der Waals surface area contributed by atoms with Crippen molar-refractivity contribution in [1.82, 2.24) is 0 Å². The van der Waals surface area contributed by atoms with Gasteiger partial charge in [-0.05, 0) is 36.0 Å². The molecule has 4 rings (SSSR count). The van der Waals surface area contributed by atoms with Gasteiger partial charge in [0.15, 0.2) is 0 Å². The second-order valence-electron chi connectivity index (χ2n) is 5.97. The molecular weight excluding hydrogens is 260 g/mol. The average Bonchev–Trinajstić information content (AvgIpc) is 3.35. The third-order valence-electron chi connectivity index (χ3n) is 4.45. The lowest BCUT2D eigenvalue weighted by atomic mass is 9.96. The first-order chi connectivity index (χ1) is 10.3. The molecule has 0 aromatic heterocycles. The van der Waals surface area contributed by atoms with Gasteiger partial charge in [0.05, 0.1) is 5.69 Å². The van der Waals surface area contributed by atoms with Gasteiger partial charge in [-0.2, -0.15) is 0 Å². The fourth-order valence-electron chi connectivity index (χ4n) is 3.12. The Kier molecular flexibility index (Phi) is 2.82. The highest BCUT2D eigenvalue weighted by Crippen LogP contribution is 2.41. The van der Waals surface area contributed by atoms with Gasteiger partial charge in [-0.15, -0.1) is 0 Å². The zero-order valence-corrected chi connectivity index (χ0v) is 11.8. The van der Waals surface area contributed by atoms with E-state index in [2.05, 4.69) is 12.1 Å². The molecule has 0 radical (unpaired) electrons. The summed E-state index contributed by atoms with van der Waals surface area (Å²) in [7, 11) is 0. The number of nitrogens with zero attached hydrogens (tertiary/aromatic N) is 1. The lowest BCUT2D eigenvalue weighted by Crippen LogP contribution is -2.39. The summed E-state index contributed by atoms with van der Waals surface area (Å²) in [5, 5.41) is 0. The van der Waals surface area contributed by atoms with Gasteiger partial charge in [0.2, 0.25) is 5.91 Å². The van der Waals surface area contributed by atoms with Gasteiger partial charge in [-0.25, -0.2) is 0 Å². The molecule has 3 nitrogen and oxygen atoms in total. The van der Waals surface area contributed by atoms with Gasteiger partial charge in [0.25, 0.3) is 0 Å². The summed E-state index contributed by atoms with van der Waals surface area (Å²) >= 11 is 0. The highest BCUT2D eigenvalue weighted by atomic mass is 16.2. The van der Waals surface area contributed by atoms with Crippen LogP contribution in [0, 0.1) is 5.92 Å². The van der Waals surface area contributed by atoms with Crippen molar-refractivity contribution in [2.45, 2.75) is 18.9 Å². The molecule has 1 amide bonds. The summed E-state index contributed by atoms with van der Waals surface area (Å²) in [6, 6.07) is 15.5. The molecule has 2 N–H and O–H groups in total. The highest BCUT2D eigenvalue weighted by molar-refractivity contribution is 6.04. The standard InChI is InChI=1S/C18H18N2O/c19-17-15-7-2-1-5-13(15)14-6-3-4-8-16(14)20(18(17)21)11-12-9-10-12/h1-8,12,17H,9-11,19H2. The molecule has 21 heavy (non-hydrogen) atoms. The van der Waals surface area contributed by atoms with E-state index in [4.69, 9.17) is 5.73 Å². The number of hydrogen-bond donors (Lipinski definition) is 1. The maximum Gasteiger partial charge on any atom is 0.248 e. The molecule has 1 heterocycles. The van der Waals surface area contributed by atoms with Crippen molar-refractivity contribution in [3.63, 3.8) is 0 Å². The molecular formula is C18H18N2O. The first kappa shape index (κ1) is 12.6. The molecule has 0 saturated heterocycles. The number of amides is 1. The number of benzene rings is 2. The molecule has 2 aromatic carbocycles. The zero-order valence-electron chi connectivity index (χ0n) is 11.8. The van der Waals surface area contributed by atoms with Crippen LogP contribution in [0.1, 0.15) is 24.4 Å². The molecule has 0 spiro atoms. The van der Waals surface area contributed by atoms with Crippen molar-refractivity contribution in [1.29, 1.82) is 0 Å². The van der Waals surface area contributed by atoms with Gasteiger partial charge in [-0.3, -0.25) is 4.79 Å². The van der Waals surface area contributed by atoms with E-state index in [1.165, 1.54) is 12.8 Å². The Hall–Kier alpha value is -2.13. The van der Waals surface area contributed by atoms with Crippen LogP contribution in [0.3, 0.4) is 0 Å². The van der Waals surface area contributed by atoms with Crippen LogP contribution in [0.4, 0.5) is 5.69 Å². The number of carbonyl (C=O) groups is 1. The fraction of sp³-hybridized carbons (Fsp3) is 0.278. The van der Waals surface area contributed by atoms with Crippen molar-refractivity contribution in [3.8, 4) is 11.1 Å². The molecule has 3 heteroatoms. The number of carbonyl (C=O) groups excluding carboxylic acids is 1. The molecule has 1 aliphatic heterocycles. The summed E-state index contributed by atoms with van der Waals surface area (Å²) in [6.07, 6.45) is 2.43. The summed E-state index contributed by atoms with van der Waals surface area (Å²) in [5.74, 6) is 0.648. The molecule has 0 bridgehead atoms. The van der Waals surface area contributed by atoms with Crippen molar-refractivity contribution in [2.75, 3.05) is 11.4 Å². The van der Waals surface area contributed by atoms with Crippen LogP contribution in [0.15, 0.2) is 48.5 Å². The monoisotopic (exact) mass is 278 g/mol. The summed E-state index contributed by atoms with van der Waals surface area (Å²) in [4.78, 5) is 14.7. The summed E-state index contributed by atoms with van der Waals surface area (Å²) in [6.45, 7) is 0.789. The molecule has 1 aliphatic carbocycles. The molecule has 2 aliphatic rings. The van der Waals surface area contributed by atoms with E-state index in [1.54, 1.807) is 0 Å². The number of nitrogens with two attached hydrogens (primary N) is 1. The first-order valence-electron chi connectivity index (χ1n) is 7.51. The Balaban J connectivity index is 1.92. The quantitative estimate of drug-likeness (QED) is 0.917. The fourth-order valence-corrected chi connectivity index (χ4v) is 3.12. The topological polar surface area (TPSA) is 46.3 Å².